The molecule has 0 fully saturated rings. The lowest BCUT2D eigenvalue weighted by molar-refractivity contribution is -0.134. The fraction of sp³-hybridized carbons (Fsp3) is 0.462. The van der Waals surface area contributed by atoms with Gasteiger partial charge in [-0.15, -0.1) is 0 Å². The van der Waals surface area contributed by atoms with E-state index < -0.39 is 13.4 Å². The lowest BCUT2D eigenvalue weighted by atomic mass is 10.3. The molecule has 0 aromatic heterocycles. The van der Waals surface area contributed by atoms with E-state index in [4.69, 9.17) is 9.47 Å². The minimum atomic E-state index is -2.44. The van der Waals surface area contributed by atoms with Gasteiger partial charge in [-0.05, 0) is 25.5 Å². The Labute approximate surface area is 113 Å². The number of nitrogens with one attached hydrogen (secondary N) is 1. The Morgan fingerprint density at radius 3 is 2.37 bits per heavy atom. The van der Waals surface area contributed by atoms with Crippen LogP contribution in [0.4, 0.5) is 5.69 Å². The van der Waals surface area contributed by atoms with E-state index in [1.807, 2.05) is 0 Å². The SMILES string of the molecule is COC(CC(=O)Nc1ccccc1P(C)(C)=O)OC. The number of carbonyl (C=O) groups is 1. The van der Waals surface area contributed by atoms with E-state index in [1.165, 1.54) is 14.2 Å². The molecule has 1 aromatic rings. The van der Waals surface area contributed by atoms with E-state index in [2.05, 4.69) is 5.32 Å². The van der Waals surface area contributed by atoms with Gasteiger partial charge in [-0.2, -0.15) is 0 Å². The number of hydrogen-bond donors (Lipinski definition) is 1. The van der Waals surface area contributed by atoms with Crippen molar-refractivity contribution in [2.24, 2.45) is 0 Å². The molecule has 0 atom stereocenters. The van der Waals surface area contributed by atoms with Crippen LogP contribution >= 0.6 is 7.14 Å². The molecule has 6 heteroatoms. The van der Waals surface area contributed by atoms with Crippen molar-refractivity contribution in [2.75, 3.05) is 32.9 Å². The van der Waals surface area contributed by atoms with Crippen LogP contribution in [-0.4, -0.2) is 39.7 Å². The van der Waals surface area contributed by atoms with Gasteiger partial charge in [0.25, 0.3) is 0 Å². The zero-order valence-electron chi connectivity index (χ0n) is 11.7. The molecule has 0 spiro atoms. The average molecular weight is 285 g/mol. The number of anilines is 1. The summed E-state index contributed by atoms with van der Waals surface area (Å²) in [5.41, 5.74) is 0.576. The van der Waals surface area contributed by atoms with Crippen molar-refractivity contribution in [1.82, 2.24) is 0 Å². The predicted octanol–water partition coefficient (Wildman–Crippen LogP) is 1.88. The molecule has 1 aromatic carbocycles. The first-order chi connectivity index (χ1) is 8.88. The molecule has 19 heavy (non-hydrogen) atoms. The van der Waals surface area contributed by atoms with Crippen LogP contribution in [0.25, 0.3) is 0 Å². The third kappa shape index (κ3) is 4.78. The van der Waals surface area contributed by atoms with Crippen LogP contribution in [0.3, 0.4) is 0 Å². The van der Waals surface area contributed by atoms with Gasteiger partial charge < -0.3 is 19.4 Å². The van der Waals surface area contributed by atoms with E-state index >= 15 is 0 Å². The van der Waals surface area contributed by atoms with E-state index in [9.17, 15) is 9.36 Å². The van der Waals surface area contributed by atoms with Gasteiger partial charge in [0.15, 0.2) is 6.29 Å². The second-order valence-corrected chi connectivity index (χ2v) is 7.70. The molecule has 0 unspecified atom stereocenters. The number of hydrogen-bond acceptors (Lipinski definition) is 4. The van der Waals surface area contributed by atoms with Gasteiger partial charge in [0.05, 0.1) is 12.1 Å². The molecule has 1 rings (SSSR count). The first kappa shape index (κ1) is 15.9. The summed E-state index contributed by atoms with van der Waals surface area (Å²) in [6.07, 6.45) is -0.499. The Hall–Kier alpha value is -1.16. The quantitative estimate of drug-likeness (QED) is 0.640. The smallest absolute Gasteiger partial charge is 0.229 e. The maximum atomic E-state index is 12.2. The minimum Gasteiger partial charge on any atom is -0.355 e. The van der Waals surface area contributed by atoms with Crippen LogP contribution in [0.15, 0.2) is 24.3 Å². The zero-order chi connectivity index (χ0) is 14.5. The van der Waals surface area contributed by atoms with E-state index in [1.54, 1.807) is 37.6 Å². The molecule has 5 nitrogen and oxygen atoms in total. The molecule has 0 aliphatic heterocycles. The lowest BCUT2D eigenvalue weighted by Gasteiger charge is -2.16. The van der Waals surface area contributed by atoms with Crippen molar-refractivity contribution < 1.29 is 18.8 Å². The summed E-state index contributed by atoms with van der Waals surface area (Å²) in [6, 6.07) is 7.10. The van der Waals surface area contributed by atoms with Gasteiger partial charge in [-0.3, -0.25) is 4.79 Å². The van der Waals surface area contributed by atoms with Gasteiger partial charge >= 0.3 is 0 Å². The number of ether oxygens (including phenoxy) is 2. The molecule has 0 radical (unpaired) electrons. The first-order valence-corrected chi connectivity index (χ1v) is 8.48. The zero-order valence-corrected chi connectivity index (χ0v) is 12.6. The first-order valence-electron chi connectivity index (χ1n) is 5.88. The molecular weight excluding hydrogens is 265 g/mol. The maximum absolute atomic E-state index is 12.2. The Morgan fingerprint density at radius 1 is 1.26 bits per heavy atom. The average Bonchev–Trinajstić information content (AvgIpc) is 2.35. The molecule has 0 aliphatic carbocycles. The molecule has 0 aliphatic rings. The van der Waals surface area contributed by atoms with Crippen molar-refractivity contribution >= 4 is 24.0 Å². The number of carbonyl (C=O) groups excluding carboxylic acids is 1. The summed E-state index contributed by atoms with van der Waals surface area (Å²) in [4.78, 5) is 11.9. The van der Waals surface area contributed by atoms with Crippen LogP contribution in [0.5, 0.6) is 0 Å². The number of para-hydroxylation sites is 1. The summed E-state index contributed by atoms with van der Waals surface area (Å²) in [6.45, 7) is 3.34. The minimum absolute atomic E-state index is 0.0824. The number of rotatable bonds is 6. The standard InChI is InChI=1S/C13H20NO4P/c1-17-13(18-2)9-12(15)14-10-7-5-6-8-11(10)19(3,4)16/h5-8,13H,9H2,1-4H3,(H,14,15). The van der Waals surface area contributed by atoms with Gasteiger partial charge in [-0.25, -0.2) is 0 Å². The van der Waals surface area contributed by atoms with Crippen molar-refractivity contribution in [3.05, 3.63) is 24.3 Å². The molecule has 106 valence electrons. The van der Waals surface area contributed by atoms with Crippen LogP contribution in [0.2, 0.25) is 0 Å². The largest absolute Gasteiger partial charge is 0.355 e. The van der Waals surface area contributed by atoms with Crippen molar-refractivity contribution in [3.8, 4) is 0 Å². The fourth-order valence-electron chi connectivity index (χ4n) is 1.66. The van der Waals surface area contributed by atoms with Gasteiger partial charge in [0.2, 0.25) is 5.91 Å². The molecule has 1 N–H and O–H groups in total. The van der Waals surface area contributed by atoms with Gasteiger partial charge in [0.1, 0.15) is 7.14 Å². The lowest BCUT2D eigenvalue weighted by Crippen LogP contribution is -2.25. The van der Waals surface area contributed by atoms with E-state index in [0.29, 0.717) is 11.0 Å². The maximum Gasteiger partial charge on any atom is 0.229 e. The molecule has 0 bridgehead atoms. The Balaban J connectivity index is 2.83. The second kappa shape index (κ2) is 6.85. The third-order valence-electron chi connectivity index (χ3n) is 2.64. The van der Waals surface area contributed by atoms with Crippen LogP contribution in [-0.2, 0) is 18.8 Å². The van der Waals surface area contributed by atoms with Crippen LogP contribution in [0, 0.1) is 0 Å². The molecule has 1 amide bonds. The Bertz CT molecular complexity index is 479. The highest BCUT2D eigenvalue weighted by Gasteiger charge is 2.18. The molecular formula is C13H20NO4P. The topological polar surface area (TPSA) is 64.6 Å². The number of methoxy groups -OCH3 is 2. The summed E-state index contributed by atoms with van der Waals surface area (Å²) in [7, 11) is 0.511. The molecule has 0 heterocycles. The van der Waals surface area contributed by atoms with Crippen molar-refractivity contribution in [3.63, 3.8) is 0 Å². The summed E-state index contributed by atoms with van der Waals surface area (Å²) < 4.78 is 22.1. The third-order valence-corrected chi connectivity index (χ3v) is 4.19. The number of benzene rings is 1. The van der Waals surface area contributed by atoms with E-state index in [0.717, 1.165) is 0 Å². The van der Waals surface area contributed by atoms with Crippen molar-refractivity contribution in [2.45, 2.75) is 12.7 Å². The van der Waals surface area contributed by atoms with Gasteiger partial charge in [0, 0.05) is 19.5 Å². The summed E-state index contributed by atoms with van der Waals surface area (Å²) in [5, 5.41) is 3.41. The monoisotopic (exact) mass is 285 g/mol. The molecule has 0 saturated heterocycles. The Kier molecular flexibility index (Phi) is 5.73. The highest BCUT2D eigenvalue weighted by molar-refractivity contribution is 7.70. The normalized spacial score (nSPS) is 11.6. The predicted molar refractivity (Wildman–Crippen MR) is 76.6 cm³/mol. The van der Waals surface area contributed by atoms with Gasteiger partial charge in [-0.1, -0.05) is 12.1 Å². The summed E-state index contributed by atoms with van der Waals surface area (Å²) in [5.74, 6) is -0.241. The fourth-order valence-corrected chi connectivity index (χ4v) is 2.82. The van der Waals surface area contributed by atoms with Crippen LogP contribution < -0.4 is 10.6 Å². The van der Waals surface area contributed by atoms with E-state index in [-0.39, 0.29) is 12.3 Å². The second-order valence-electron chi connectivity index (χ2n) is 4.52. The number of amides is 1. The summed E-state index contributed by atoms with van der Waals surface area (Å²) >= 11 is 0. The molecule has 0 saturated carbocycles. The Morgan fingerprint density at radius 2 is 1.84 bits per heavy atom. The van der Waals surface area contributed by atoms with Crippen LogP contribution in [0.1, 0.15) is 6.42 Å². The van der Waals surface area contributed by atoms with Crippen molar-refractivity contribution in [1.29, 1.82) is 0 Å². The highest BCUT2D eigenvalue weighted by Crippen LogP contribution is 2.37. The highest BCUT2D eigenvalue weighted by atomic mass is 31.2.